The van der Waals surface area contributed by atoms with Crippen molar-refractivity contribution in [1.29, 1.82) is 0 Å². The van der Waals surface area contributed by atoms with E-state index in [0.29, 0.717) is 0 Å². The first-order valence-corrected chi connectivity index (χ1v) is 7.61. The summed E-state index contributed by atoms with van der Waals surface area (Å²) in [5, 5.41) is 4.00. The van der Waals surface area contributed by atoms with Crippen molar-refractivity contribution >= 4 is 32.6 Å². The lowest BCUT2D eigenvalue weighted by atomic mass is 9.97. The van der Waals surface area contributed by atoms with Crippen molar-refractivity contribution in [2.75, 3.05) is 7.11 Å². The molecule has 0 aliphatic rings. The summed E-state index contributed by atoms with van der Waals surface area (Å²) in [4.78, 5) is 16.2. The second kappa shape index (κ2) is 4.62. The summed E-state index contributed by atoms with van der Waals surface area (Å²) < 4.78 is 7.00. The topological polar surface area (TPSA) is 47.0 Å². The predicted molar refractivity (Wildman–Crippen MR) is 94.6 cm³/mol. The van der Waals surface area contributed by atoms with Gasteiger partial charge >= 0.3 is 0 Å². The Bertz CT molecular complexity index is 1150. The molecule has 0 spiro atoms. The van der Waals surface area contributed by atoms with Gasteiger partial charge < -0.3 is 14.3 Å². The molecule has 2 aromatic carbocycles. The van der Waals surface area contributed by atoms with Crippen LogP contribution in [0.5, 0.6) is 5.75 Å². The van der Waals surface area contributed by atoms with Crippen molar-refractivity contribution in [2.24, 2.45) is 7.05 Å². The summed E-state index contributed by atoms with van der Waals surface area (Å²) in [7, 11) is 3.46. The maximum atomic E-state index is 12.7. The molecule has 4 heteroatoms. The number of aryl methyl sites for hydroxylation is 3. The third-order valence-electron chi connectivity index (χ3n) is 4.80. The summed E-state index contributed by atoms with van der Waals surface area (Å²) >= 11 is 0. The minimum atomic E-state index is 0.0437. The van der Waals surface area contributed by atoms with Crippen LogP contribution in [0.4, 0.5) is 0 Å². The zero-order chi connectivity index (χ0) is 16.3. The summed E-state index contributed by atoms with van der Waals surface area (Å²) in [6.45, 7) is 4.09. The number of hydrogen-bond donors (Lipinski definition) is 1. The lowest BCUT2D eigenvalue weighted by Crippen LogP contribution is -2.16. The van der Waals surface area contributed by atoms with Gasteiger partial charge in [-0.05, 0) is 54.6 Å². The van der Waals surface area contributed by atoms with Crippen molar-refractivity contribution in [3.63, 3.8) is 0 Å². The van der Waals surface area contributed by atoms with Gasteiger partial charge in [-0.3, -0.25) is 4.79 Å². The molecule has 0 saturated heterocycles. The van der Waals surface area contributed by atoms with Crippen LogP contribution in [0.2, 0.25) is 0 Å². The third-order valence-corrected chi connectivity index (χ3v) is 4.80. The molecule has 0 fully saturated rings. The van der Waals surface area contributed by atoms with E-state index in [-0.39, 0.29) is 5.56 Å². The third kappa shape index (κ3) is 1.75. The van der Waals surface area contributed by atoms with Crippen molar-refractivity contribution in [3.8, 4) is 5.75 Å². The highest BCUT2D eigenvalue weighted by Crippen LogP contribution is 2.36. The fourth-order valence-corrected chi connectivity index (χ4v) is 3.53. The van der Waals surface area contributed by atoms with E-state index in [1.54, 1.807) is 18.7 Å². The van der Waals surface area contributed by atoms with Crippen LogP contribution in [0.15, 0.2) is 35.3 Å². The molecule has 0 saturated carbocycles. The van der Waals surface area contributed by atoms with E-state index in [9.17, 15) is 4.79 Å². The van der Waals surface area contributed by atoms with Crippen LogP contribution in [0.1, 0.15) is 11.1 Å². The number of H-pyrrole nitrogens is 1. The molecule has 0 aliphatic heterocycles. The van der Waals surface area contributed by atoms with Crippen LogP contribution in [0.25, 0.3) is 32.6 Å². The molecule has 116 valence electrons. The molecular formula is C19H18N2O2. The number of ether oxygens (including phenoxy) is 1. The van der Waals surface area contributed by atoms with E-state index in [0.717, 1.165) is 49.5 Å². The van der Waals surface area contributed by atoms with Gasteiger partial charge in [-0.25, -0.2) is 0 Å². The van der Waals surface area contributed by atoms with E-state index in [2.05, 4.69) is 11.9 Å². The van der Waals surface area contributed by atoms with E-state index in [1.165, 1.54) is 0 Å². The highest BCUT2D eigenvalue weighted by atomic mass is 16.5. The molecule has 0 amide bonds. The summed E-state index contributed by atoms with van der Waals surface area (Å²) in [6, 6.07) is 8.02. The van der Waals surface area contributed by atoms with E-state index < -0.39 is 0 Å². The molecule has 0 atom stereocenters. The first kappa shape index (κ1) is 13.9. The van der Waals surface area contributed by atoms with Crippen molar-refractivity contribution < 1.29 is 4.74 Å². The zero-order valence-electron chi connectivity index (χ0n) is 13.7. The van der Waals surface area contributed by atoms with Crippen LogP contribution in [-0.2, 0) is 7.05 Å². The monoisotopic (exact) mass is 306 g/mol. The highest BCUT2D eigenvalue weighted by molar-refractivity contribution is 6.16. The Morgan fingerprint density at radius 2 is 1.83 bits per heavy atom. The summed E-state index contributed by atoms with van der Waals surface area (Å²) in [5.74, 6) is 0.816. The fraction of sp³-hybridized carbons (Fsp3) is 0.211. The Morgan fingerprint density at radius 1 is 1.04 bits per heavy atom. The lowest BCUT2D eigenvalue weighted by molar-refractivity contribution is 0.415. The number of fused-ring (bicyclic) bond motifs is 4. The standard InChI is InChI=1S/C19H18N2O2/c1-10-13-7-8-21(3)19(22)17(13)11(2)16-14-9-12(23-4)5-6-15(14)20-18(10)16/h5-9,20H,1-4H3. The molecule has 0 radical (unpaired) electrons. The summed E-state index contributed by atoms with van der Waals surface area (Å²) in [6.07, 6.45) is 1.83. The number of hydrogen-bond acceptors (Lipinski definition) is 2. The van der Waals surface area contributed by atoms with Crippen molar-refractivity contribution in [2.45, 2.75) is 13.8 Å². The van der Waals surface area contributed by atoms with Crippen LogP contribution in [-0.4, -0.2) is 16.7 Å². The Hall–Kier alpha value is -2.75. The molecule has 0 unspecified atom stereocenters. The number of aromatic amines is 1. The van der Waals surface area contributed by atoms with Crippen molar-refractivity contribution in [3.05, 3.63) is 51.9 Å². The van der Waals surface area contributed by atoms with Gasteiger partial charge in [0, 0.05) is 29.5 Å². The zero-order valence-corrected chi connectivity index (χ0v) is 13.7. The quantitative estimate of drug-likeness (QED) is 0.581. The first-order valence-electron chi connectivity index (χ1n) is 7.61. The van der Waals surface area contributed by atoms with Gasteiger partial charge in [-0.15, -0.1) is 0 Å². The lowest BCUT2D eigenvalue weighted by Gasteiger charge is -2.10. The van der Waals surface area contributed by atoms with E-state index in [1.807, 2.05) is 37.4 Å². The molecule has 1 N–H and O–H groups in total. The number of nitrogens with one attached hydrogen (secondary N) is 1. The predicted octanol–water partition coefficient (Wildman–Crippen LogP) is 3.80. The smallest absolute Gasteiger partial charge is 0.258 e. The minimum absolute atomic E-state index is 0.0437. The average Bonchev–Trinajstić information content (AvgIpc) is 2.94. The van der Waals surface area contributed by atoms with Gasteiger partial charge in [0.05, 0.1) is 18.0 Å². The number of pyridine rings is 1. The number of aromatic nitrogens is 2. The number of nitrogens with zero attached hydrogens (tertiary/aromatic N) is 1. The molecule has 23 heavy (non-hydrogen) atoms. The highest BCUT2D eigenvalue weighted by Gasteiger charge is 2.16. The van der Waals surface area contributed by atoms with Crippen LogP contribution in [0, 0.1) is 13.8 Å². The molecule has 0 bridgehead atoms. The Kier molecular flexibility index (Phi) is 2.79. The maximum absolute atomic E-state index is 12.7. The Labute approximate surface area is 133 Å². The number of methoxy groups -OCH3 is 1. The SMILES string of the molecule is COc1ccc2[nH]c3c(C)c4ccn(C)c(=O)c4c(C)c3c2c1. The molecule has 0 aliphatic carbocycles. The molecule has 2 heterocycles. The van der Waals surface area contributed by atoms with Gasteiger partial charge in [0.1, 0.15) is 5.75 Å². The van der Waals surface area contributed by atoms with E-state index >= 15 is 0 Å². The normalized spacial score (nSPS) is 11.7. The molecule has 4 nitrogen and oxygen atoms in total. The number of benzene rings is 2. The van der Waals surface area contributed by atoms with Gasteiger partial charge in [-0.1, -0.05) is 0 Å². The second-order valence-electron chi connectivity index (χ2n) is 6.06. The van der Waals surface area contributed by atoms with Gasteiger partial charge in [-0.2, -0.15) is 0 Å². The van der Waals surface area contributed by atoms with Crippen LogP contribution >= 0.6 is 0 Å². The van der Waals surface area contributed by atoms with Gasteiger partial charge in [0.2, 0.25) is 0 Å². The Balaban J connectivity index is 2.33. The Morgan fingerprint density at radius 3 is 2.57 bits per heavy atom. The first-order chi connectivity index (χ1) is 11.0. The fourth-order valence-electron chi connectivity index (χ4n) is 3.53. The second-order valence-corrected chi connectivity index (χ2v) is 6.06. The molecular weight excluding hydrogens is 288 g/mol. The van der Waals surface area contributed by atoms with Crippen molar-refractivity contribution in [1.82, 2.24) is 9.55 Å². The molecule has 2 aromatic heterocycles. The molecule has 4 rings (SSSR count). The number of rotatable bonds is 1. The van der Waals surface area contributed by atoms with Gasteiger partial charge in [0.25, 0.3) is 5.56 Å². The largest absolute Gasteiger partial charge is 0.497 e. The van der Waals surface area contributed by atoms with Crippen LogP contribution < -0.4 is 10.3 Å². The average molecular weight is 306 g/mol. The molecule has 4 aromatic rings. The maximum Gasteiger partial charge on any atom is 0.258 e. The minimum Gasteiger partial charge on any atom is -0.497 e. The van der Waals surface area contributed by atoms with E-state index in [4.69, 9.17) is 4.74 Å². The van der Waals surface area contributed by atoms with Gasteiger partial charge in [0.15, 0.2) is 0 Å². The van der Waals surface area contributed by atoms with Crippen LogP contribution in [0.3, 0.4) is 0 Å². The summed E-state index contributed by atoms with van der Waals surface area (Å²) in [5.41, 5.74) is 4.31.